The van der Waals surface area contributed by atoms with E-state index in [0.29, 0.717) is 35.1 Å². The van der Waals surface area contributed by atoms with Crippen molar-refractivity contribution in [3.8, 4) is 5.69 Å². The number of ketones is 3. The summed E-state index contributed by atoms with van der Waals surface area (Å²) in [6, 6.07) is 38.0. The molecule has 0 unspecified atom stereocenters. The first kappa shape index (κ1) is 25.2. The van der Waals surface area contributed by atoms with Gasteiger partial charge in [-0.05, 0) is 66.2 Å². The highest BCUT2D eigenvalue weighted by molar-refractivity contribution is 6.14. The van der Waals surface area contributed by atoms with Crippen LogP contribution < -0.4 is 0 Å². The number of nitrogens with zero attached hydrogens (tertiary/aromatic N) is 1. The molecule has 194 valence electrons. The molecule has 0 spiro atoms. The molecule has 0 fully saturated rings. The Bertz CT molecular complexity index is 1880. The van der Waals surface area contributed by atoms with Crippen LogP contribution in [-0.2, 0) is 6.42 Å². The lowest BCUT2D eigenvalue weighted by molar-refractivity contribution is 0.0982. The number of hydrogen-bond acceptors (Lipinski definition) is 3. The van der Waals surface area contributed by atoms with E-state index in [2.05, 4.69) is 4.57 Å². The maximum atomic E-state index is 13.2. The highest BCUT2D eigenvalue weighted by Gasteiger charge is 2.17. The zero-order valence-electron chi connectivity index (χ0n) is 22.1. The van der Waals surface area contributed by atoms with E-state index in [4.69, 9.17) is 0 Å². The minimum Gasteiger partial charge on any atom is -0.309 e. The van der Waals surface area contributed by atoms with Crippen molar-refractivity contribution in [3.05, 3.63) is 149 Å². The molecule has 5 aromatic carbocycles. The van der Waals surface area contributed by atoms with Gasteiger partial charge in [0.05, 0.1) is 11.0 Å². The smallest absolute Gasteiger partial charge is 0.193 e. The molecule has 1 aromatic heterocycles. The van der Waals surface area contributed by atoms with Gasteiger partial charge in [-0.1, -0.05) is 67.6 Å². The van der Waals surface area contributed by atoms with Gasteiger partial charge < -0.3 is 4.57 Å². The average molecular weight is 522 g/mol. The zero-order valence-corrected chi connectivity index (χ0v) is 22.1. The molecule has 0 saturated carbocycles. The molecule has 40 heavy (non-hydrogen) atoms. The number of Topliss-reactive ketones (excluding diaryl/α,β-unsaturated/α-hetero) is 2. The molecule has 4 heteroatoms. The molecule has 1 heterocycles. The Balaban J connectivity index is 1.46. The molecule has 6 rings (SSSR count). The fourth-order valence-corrected chi connectivity index (χ4v) is 5.25. The van der Waals surface area contributed by atoms with E-state index < -0.39 is 0 Å². The quantitative estimate of drug-likeness (QED) is 0.191. The van der Waals surface area contributed by atoms with Crippen LogP contribution in [0.4, 0.5) is 0 Å². The SMILES string of the molecule is CCC(=O)c1ccc2c(c1)c1cc(C(=O)Cc3ccccc3)ccc1n2-c1ccc(C(=O)c2ccccc2)cc1. The monoisotopic (exact) mass is 521 g/mol. The summed E-state index contributed by atoms with van der Waals surface area (Å²) in [5.41, 5.74) is 6.25. The Morgan fingerprint density at radius 3 is 1.62 bits per heavy atom. The summed E-state index contributed by atoms with van der Waals surface area (Å²) in [5.74, 6) is 0.0834. The first-order valence-electron chi connectivity index (χ1n) is 13.4. The fourth-order valence-electron chi connectivity index (χ4n) is 5.25. The number of fused-ring (bicyclic) bond motifs is 3. The number of hydrogen-bond donors (Lipinski definition) is 0. The third-order valence-electron chi connectivity index (χ3n) is 7.36. The Kier molecular flexibility index (Phi) is 6.67. The van der Waals surface area contributed by atoms with Crippen LogP contribution in [0.15, 0.2) is 121 Å². The molecule has 0 aliphatic rings. The van der Waals surface area contributed by atoms with Crippen LogP contribution in [0.25, 0.3) is 27.5 Å². The summed E-state index contributed by atoms with van der Waals surface area (Å²) in [4.78, 5) is 38.8. The topological polar surface area (TPSA) is 56.1 Å². The normalized spacial score (nSPS) is 11.1. The molecule has 0 aliphatic heterocycles. The molecule has 0 radical (unpaired) electrons. The van der Waals surface area contributed by atoms with Crippen LogP contribution in [0.2, 0.25) is 0 Å². The third kappa shape index (κ3) is 4.65. The molecule has 0 atom stereocenters. The summed E-state index contributed by atoms with van der Waals surface area (Å²) in [5, 5.41) is 1.82. The van der Waals surface area contributed by atoms with Gasteiger partial charge in [0, 0.05) is 51.6 Å². The van der Waals surface area contributed by atoms with E-state index in [1.54, 1.807) is 0 Å². The van der Waals surface area contributed by atoms with Crippen LogP contribution in [0.3, 0.4) is 0 Å². The minimum absolute atomic E-state index is 0.0290. The predicted molar refractivity (Wildman–Crippen MR) is 160 cm³/mol. The van der Waals surface area contributed by atoms with Crippen LogP contribution in [0.1, 0.15) is 55.5 Å². The van der Waals surface area contributed by atoms with E-state index in [9.17, 15) is 14.4 Å². The highest BCUT2D eigenvalue weighted by atomic mass is 16.1. The molecular formula is C36H27NO3. The van der Waals surface area contributed by atoms with Crippen molar-refractivity contribution in [2.24, 2.45) is 0 Å². The minimum atomic E-state index is -0.0290. The van der Waals surface area contributed by atoms with E-state index in [0.717, 1.165) is 33.1 Å². The van der Waals surface area contributed by atoms with Crippen molar-refractivity contribution in [2.45, 2.75) is 19.8 Å². The molecule has 6 aromatic rings. The van der Waals surface area contributed by atoms with Crippen LogP contribution in [0.5, 0.6) is 0 Å². The van der Waals surface area contributed by atoms with E-state index in [-0.39, 0.29) is 17.3 Å². The van der Waals surface area contributed by atoms with Gasteiger partial charge in [0.1, 0.15) is 0 Å². The molecule has 0 N–H and O–H groups in total. The maximum Gasteiger partial charge on any atom is 0.193 e. The Hall–Kier alpha value is -5.09. The van der Waals surface area contributed by atoms with Crippen LogP contribution in [-0.4, -0.2) is 21.9 Å². The second-order valence-corrected chi connectivity index (χ2v) is 9.90. The zero-order chi connectivity index (χ0) is 27.6. The van der Waals surface area contributed by atoms with Crippen molar-refractivity contribution in [1.82, 2.24) is 4.57 Å². The summed E-state index contributed by atoms with van der Waals surface area (Å²) in [6.45, 7) is 1.86. The second kappa shape index (κ2) is 10.6. The second-order valence-electron chi connectivity index (χ2n) is 9.90. The van der Waals surface area contributed by atoms with Gasteiger partial charge in [-0.3, -0.25) is 14.4 Å². The van der Waals surface area contributed by atoms with Crippen molar-refractivity contribution in [3.63, 3.8) is 0 Å². The van der Waals surface area contributed by atoms with Gasteiger partial charge >= 0.3 is 0 Å². The number of carbonyl (C=O) groups is 3. The van der Waals surface area contributed by atoms with Gasteiger partial charge in [-0.15, -0.1) is 0 Å². The summed E-state index contributed by atoms with van der Waals surface area (Å²) in [7, 11) is 0. The summed E-state index contributed by atoms with van der Waals surface area (Å²) >= 11 is 0. The van der Waals surface area contributed by atoms with Crippen LogP contribution >= 0.6 is 0 Å². The van der Waals surface area contributed by atoms with Crippen molar-refractivity contribution in [2.75, 3.05) is 0 Å². The molecular weight excluding hydrogens is 494 g/mol. The largest absolute Gasteiger partial charge is 0.309 e. The Morgan fingerprint density at radius 2 is 1.05 bits per heavy atom. The van der Waals surface area contributed by atoms with Gasteiger partial charge in [0.2, 0.25) is 0 Å². The van der Waals surface area contributed by atoms with Crippen molar-refractivity contribution in [1.29, 1.82) is 0 Å². The lowest BCUT2D eigenvalue weighted by Gasteiger charge is -2.10. The van der Waals surface area contributed by atoms with Crippen molar-refractivity contribution < 1.29 is 14.4 Å². The molecule has 0 aliphatic carbocycles. The number of aromatic nitrogens is 1. The first-order chi connectivity index (χ1) is 19.5. The molecule has 0 amide bonds. The molecule has 4 nitrogen and oxygen atoms in total. The summed E-state index contributed by atoms with van der Waals surface area (Å²) < 4.78 is 2.12. The standard InChI is InChI=1S/C36H27NO3/c1-2-34(38)27-15-19-32-30(22-27)31-23-28(35(39)21-24-9-5-3-6-10-24)16-20-33(31)37(32)29-17-13-26(14-18-29)36(40)25-11-7-4-8-12-25/h3-20,22-23H,2,21H2,1H3. The number of benzene rings is 5. The predicted octanol–water partition coefficient (Wildman–Crippen LogP) is 8.03. The first-order valence-corrected chi connectivity index (χ1v) is 13.4. The molecule has 0 bridgehead atoms. The summed E-state index contributed by atoms with van der Waals surface area (Å²) in [6.07, 6.45) is 0.739. The van der Waals surface area contributed by atoms with Gasteiger partial charge in [0.25, 0.3) is 0 Å². The van der Waals surface area contributed by atoms with Gasteiger partial charge in [-0.2, -0.15) is 0 Å². The van der Waals surface area contributed by atoms with Crippen LogP contribution in [0, 0.1) is 0 Å². The fraction of sp³-hybridized carbons (Fsp3) is 0.0833. The van der Waals surface area contributed by atoms with Gasteiger partial charge in [-0.25, -0.2) is 0 Å². The highest BCUT2D eigenvalue weighted by Crippen LogP contribution is 2.34. The van der Waals surface area contributed by atoms with E-state index >= 15 is 0 Å². The van der Waals surface area contributed by atoms with Gasteiger partial charge in [0.15, 0.2) is 17.3 Å². The molecule has 0 saturated heterocycles. The lowest BCUT2D eigenvalue weighted by atomic mass is 10.00. The van der Waals surface area contributed by atoms with E-state index in [1.807, 2.05) is 128 Å². The van der Waals surface area contributed by atoms with Crippen molar-refractivity contribution >= 4 is 39.2 Å². The lowest BCUT2D eigenvalue weighted by Crippen LogP contribution is -2.03. The maximum absolute atomic E-state index is 13.2. The number of rotatable bonds is 8. The third-order valence-corrected chi connectivity index (χ3v) is 7.36. The van der Waals surface area contributed by atoms with E-state index in [1.165, 1.54) is 0 Å². The number of carbonyl (C=O) groups excluding carboxylic acids is 3. The average Bonchev–Trinajstić information content (AvgIpc) is 3.34. The Labute approximate surface area is 232 Å². The Morgan fingerprint density at radius 1 is 0.550 bits per heavy atom.